The fourth-order valence-electron chi connectivity index (χ4n) is 1.58. The zero-order chi connectivity index (χ0) is 11.5. The Balaban J connectivity index is 1.90. The molecule has 2 rings (SSSR count). The van der Waals surface area contributed by atoms with Crippen LogP contribution in [0.5, 0.6) is 0 Å². The molecule has 2 heterocycles. The molecule has 0 aromatic carbocycles. The van der Waals surface area contributed by atoms with Crippen LogP contribution in [0.1, 0.15) is 23.6 Å². The zero-order valence-electron chi connectivity index (χ0n) is 9.99. The summed E-state index contributed by atoms with van der Waals surface area (Å²) in [4.78, 5) is 7.33. The Morgan fingerprint density at radius 2 is 2.31 bits per heavy atom. The van der Waals surface area contributed by atoms with Crippen LogP contribution in [-0.4, -0.2) is 17.0 Å². The lowest BCUT2D eigenvalue weighted by Crippen LogP contribution is -2.31. The second-order valence-corrected chi connectivity index (χ2v) is 6.82. The molecule has 1 atom stereocenters. The van der Waals surface area contributed by atoms with Gasteiger partial charge in [0.25, 0.3) is 0 Å². The monoisotopic (exact) mass is 254 g/mol. The Labute approximate surface area is 106 Å². The van der Waals surface area contributed by atoms with E-state index in [0.29, 0.717) is 12.0 Å². The lowest BCUT2D eigenvalue weighted by molar-refractivity contribution is 0.503. The number of rotatable bonds is 3. The van der Waals surface area contributed by atoms with Gasteiger partial charge in [-0.3, -0.25) is 4.99 Å². The highest BCUT2D eigenvalue weighted by atomic mass is 32.2. The summed E-state index contributed by atoms with van der Waals surface area (Å²) in [5, 5.41) is 4.60. The van der Waals surface area contributed by atoms with Crippen LogP contribution in [0.3, 0.4) is 0 Å². The Morgan fingerprint density at radius 3 is 2.88 bits per heavy atom. The third-order valence-corrected chi connectivity index (χ3v) is 4.72. The number of amidine groups is 1. The molecule has 0 spiro atoms. The predicted octanol–water partition coefficient (Wildman–Crippen LogP) is 3.27. The first-order valence-electron chi connectivity index (χ1n) is 5.64. The smallest absolute Gasteiger partial charge is 0.157 e. The van der Waals surface area contributed by atoms with Crippen molar-refractivity contribution in [2.45, 2.75) is 33.4 Å². The third kappa shape index (κ3) is 3.01. The summed E-state index contributed by atoms with van der Waals surface area (Å²) in [5.41, 5.74) is 0. The van der Waals surface area contributed by atoms with Gasteiger partial charge in [-0.25, -0.2) is 0 Å². The highest BCUT2D eigenvalue weighted by Gasteiger charge is 2.22. The molecule has 0 amide bonds. The summed E-state index contributed by atoms with van der Waals surface area (Å²) >= 11 is 3.68. The van der Waals surface area contributed by atoms with Gasteiger partial charge in [-0.15, -0.1) is 11.3 Å². The van der Waals surface area contributed by atoms with Crippen molar-refractivity contribution in [1.82, 2.24) is 5.32 Å². The van der Waals surface area contributed by atoms with Gasteiger partial charge in [0.2, 0.25) is 0 Å². The molecule has 1 aromatic heterocycles. The maximum Gasteiger partial charge on any atom is 0.157 e. The molecule has 88 valence electrons. The van der Waals surface area contributed by atoms with Crippen LogP contribution in [-0.2, 0) is 6.54 Å². The molecule has 1 aliphatic rings. The molecule has 2 nitrogen and oxygen atoms in total. The van der Waals surface area contributed by atoms with E-state index in [-0.39, 0.29) is 0 Å². The molecule has 0 unspecified atom stereocenters. The van der Waals surface area contributed by atoms with Crippen molar-refractivity contribution in [1.29, 1.82) is 0 Å². The second kappa shape index (κ2) is 5.23. The average Bonchev–Trinajstić information content (AvgIpc) is 2.83. The van der Waals surface area contributed by atoms with Gasteiger partial charge in [-0.1, -0.05) is 25.6 Å². The molecule has 1 fully saturated rings. The van der Waals surface area contributed by atoms with Crippen molar-refractivity contribution in [2.75, 3.05) is 5.75 Å². The Morgan fingerprint density at radius 1 is 1.50 bits per heavy atom. The predicted molar refractivity (Wildman–Crippen MR) is 74.4 cm³/mol. The minimum absolute atomic E-state index is 0.592. The highest BCUT2D eigenvalue weighted by Crippen LogP contribution is 2.21. The molecule has 16 heavy (non-hydrogen) atoms. The van der Waals surface area contributed by atoms with Crippen LogP contribution in [0.2, 0.25) is 0 Å². The summed E-state index contributed by atoms with van der Waals surface area (Å²) in [6.07, 6.45) is 0. The van der Waals surface area contributed by atoms with E-state index in [0.717, 1.165) is 17.5 Å². The van der Waals surface area contributed by atoms with E-state index in [1.807, 2.05) is 23.1 Å². The van der Waals surface area contributed by atoms with Gasteiger partial charge in [-0.2, -0.15) is 0 Å². The van der Waals surface area contributed by atoms with Crippen molar-refractivity contribution in [2.24, 2.45) is 10.9 Å². The van der Waals surface area contributed by atoms with Crippen molar-refractivity contribution in [3.8, 4) is 0 Å². The standard InChI is InChI=1S/C12H18N2S2/c1-8(2)11-7-15-12(14-11)13-6-10-5-4-9(3)16-10/h4-5,8,11H,6-7H2,1-3H3,(H,13,14)/t11-/m1/s1. The van der Waals surface area contributed by atoms with E-state index in [1.165, 1.54) is 9.75 Å². The largest absolute Gasteiger partial charge is 0.361 e. The van der Waals surface area contributed by atoms with Crippen LogP contribution in [0, 0.1) is 12.8 Å². The first kappa shape index (κ1) is 12.0. The van der Waals surface area contributed by atoms with E-state index in [4.69, 9.17) is 0 Å². The number of aliphatic imine (C=N–C) groups is 1. The van der Waals surface area contributed by atoms with E-state index in [1.54, 1.807) is 0 Å². The summed E-state index contributed by atoms with van der Waals surface area (Å²) in [5.74, 6) is 1.84. The number of hydrogen-bond acceptors (Lipinski definition) is 3. The van der Waals surface area contributed by atoms with Gasteiger partial charge >= 0.3 is 0 Å². The number of nitrogens with zero attached hydrogens (tertiary/aromatic N) is 1. The minimum Gasteiger partial charge on any atom is -0.361 e. The first-order chi connectivity index (χ1) is 7.65. The summed E-state index contributed by atoms with van der Waals surface area (Å²) in [7, 11) is 0. The first-order valence-corrected chi connectivity index (χ1v) is 7.44. The number of thioether (sulfide) groups is 1. The Kier molecular flexibility index (Phi) is 3.92. The van der Waals surface area contributed by atoms with E-state index in [9.17, 15) is 0 Å². The number of hydrogen-bond donors (Lipinski definition) is 1. The average molecular weight is 254 g/mol. The Hall–Kier alpha value is -0.480. The normalized spacial score (nSPS) is 23.0. The van der Waals surface area contributed by atoms with Crippen LogP contribution >= 0.6 is 23.1 Å². The molecule has 0 radical (unpaired) electrons. The quantitative estimate of drug-likeness (QED) is 0.895. The van der Waals surface area contributed by atoms with Crippen molar-refractivity contribution >= 4 is 28.3 Å². The topological polar surface area (TPSA) is 24.4 Å². The lowest BCUT2D eigenvalue weighted by atomic mass is 10.1. The third-order valence-electron chi connectivity index (χ3n) is 2.69. The summed E-state index contributed by atoms with van der Waals surface area (Å²) in [6.45, 7) is 7.46. The minimum atomic E-state index is 0.592. The zero-order valence-corrected chi connectivity index (χ0v) is 11.6. The number of nitrogens with one attached hydrogen (secondary N) is 1. The van der Waals surface area contributed by atoms with Crippen LogP contribution in [0.25, 0.3) is 0 Å². The maximum atomic E-state index is 4.62. The van der Waals surface area contributed by atoms with Gasteiger partial charge in [0.1, 0.15) is 0 Å². The number of aryl methyl sites for hydroxylation is 1. The van der Waals surface area contributed by atoms with Crippen LogP contribution < -0.4 is 5.32 Å². The molecular formula is C12H18N2S2. The number of thiophene rings is 1. The second-order valence-electron chi connectivity index (χ2n) is 4.44. The fourth-order valence-corrected chi connectivity index (χ4v) is 3.59. The van der Waals surface area contributed by atoms with Crippen molar-refractivity contribution in [3.05, 3.63) is 21.9 Å². The van der Waals surface area contributed by atoms with E-state index in [2.05, 4.69) is 43.2 Å². The van der Waals surface area contributed by atoms with Crippen molar-refractivity contribution < 1.29 is 0 Å². The summed E-state index contributed by atoms with van der Waals surface area (Å²) in [6, 6.07) is 4.92. The SMILES string of the molecule is Cc1ccc(CN=C2N[C@@H](C(C)C)CS2)s1. The van der Waals surface area contributed by atoms with E-state index < -0.39 is 0 Å². The summed E-state index contributed by atoms with van der Waals surface area (Å²) < 4.78 is 0. The molecule has 1 N–H and O–H groups in total. The molecule has 0 saturated carbocycles. The van der Waals surface area contributed by atoms with Gasteiger partial charge in [0.05, 0.1) is 6.54 Å². The van der Waals surface area contributed by atoms with Crippen LogP contribution in [0.15, 0.2) is 17.1 Å². The van der Waals surface area contributed by atoms with Crippen LogP contribution in [0.4, 0.5) is 0 Å². The molecule has 1 aliphatic heterocycles. The Bertz CT molecular complexity index is 382. The molecule has 1 saturated heterocycles. The van der Waals surface area contributed by atoms with Gasteiger partial charge < -0.3 is 5.32 Å². The van der Waals surface area contributed by atoms with Gasteiger partial charge in [0.15, 0.2) is 5.17 Å². The molecular weight excluding hydrogens is 236 g/mol. The maximum absolute atomic E-state index is 4.62. The molecule has 0 aliphatic carbocycles. The van der Waals surface area contributed by atoms with Gasteiger partial charge in [0, 0.05) is 21.5 Å². The lowest BCUT2D eigenvalue weighted by Gasteiger charge is -2.12. The molecule has 1 aromatic rings. The van der Waals surface area contributed by atoms with E-state index >= 15 is 0 Å². The molecule has 0 bridgehead atoms. The molecule has 4 heteroatoms. The van der Waals surface area contributed by atoms with Gasteiger partial charge in [-0.05, 0) is 25.0 Å². The fraction of sp³-hybridized carbons (Fsp3) is 0.583. The highest BCUT2D eigenvalue weighted by molar-refractivity contribution is 8.14. The van der Waals surface area contributed by atoms with Crippen molar-refractivity contribution in [3.63, 3.8) is 0 Å².